The van der Waals surface area contributed by atoms with Gasteiger partial charge in [0.15, 0.2) is 0 Å². The van der Waals surface area contributed by atoms with Crippen LogP contribution < -0.4 is 10.4 Å². The maximum Gasteiger partial charge on any atom is 0.269 e. The monoisotopic (exact) mass is 307 g/mol. The van der Waals surface area contributed by atoms with E-state index in [0.29, 0.717) is 17.7 Å². The number of amides is 2. The highest BCUT2D eigenvalue weighted by atomic mass is 19.1. The number of carboxylic acid groups (broad SMARTS) is 1. The minimum atomic E-state index is -1.78. The molecule has 1 aromatic rings. The Hall–Kier alpha value is -2.44. The lowest BCUT2D eigenvalue weighted by Gasteiger charge is -2.24. The second-order valence-corrected chi connectivity index (χ2v) is 5.37. The number of carboxylic acids is 1. The summed E-state index contributed by atoms with van der Waals surface area (Å²) in [7, 11) is 0. The van der Waals surface area contributed by atoms with E-state index in [0.717, 1.165) is 4.90 Å². The van der Waals surface area contributed by atoms with Crippen LogP contribution in [0.5, 0.6) is 0 Å². The maximum atomic E-state index is 13.2. The number of hydrogen-bond acceptors (Lipinski definition) is 4. The van der Waals surface area contributed by atoms with Gasteiger partial charge in [0.2, 0.25) is 5.91 Å². The summed E-state index contributed by atoms with van der Waals surface area (Å²) >= 11 is 0. The highest BCUT2D eigenvalue weighted by molar-refractivity contribution is 6.30. The highest BCUT2D eigenvalue weighted by Gasteiger charge is 2.38. The molecule has 2 atom stereocenters. The van der Waals surface area contributed by atoms with Crippen molar-refractivity contribution in [3.8, 4) is 0 Å². The van der Waals surface area contributed by atoms with Crippen molar-refractivity contribution >= 4 is 23.5 Å². The van der Waals surface area contributed by atoms with Gasteiger partial charge >= 0.3 is 0 Å². The lowest BCUT2D eigenvalue weighted by atomic mass is 10.0. The Balaban J connectivity index is 2.06. The lowest BCUT2D eigenvalue weighted by molar-refractivity contribution is -0.301. The Kier molecular flexibility index (Phi) is 4.44. The van der Waals surface area contributed by atoms with Crippen molar-refractivity contribution in [2.75, 3.05) is 11.9 Å². The normalized spacial score (nSPS) is 20.8. The van der Waals surface area contributed by atoms with Crippen LogP contribution in [0.1, 0.15) is 18.9 Å². The summed E-state index contributed by atoms with van der Waals surface area (Å²) in [5.41, 5.74) is 0.867. The van der Waals surface area contributed by atoms with Gasteiger partial charge in [-0.3, -0.25) is 9.59 Å². The molecule has 2 amide bonds. The van der Waals surface area contributed by atoms with E-state index in [4.69, 9.17) is 0 Å². The summed E-state index contributed by atoms with van der Waals surface area (Å²) in [5.74, 6) is -4.10. The molecular formula is C15H16FN2O4-. The second-order valence-electron chi connectivity index (χ2n) is 5.37. The molecule has 1 saturated heterocycles. The van der Waals surface area contributed by atoms with Crippen LogP contribution in [0.15, 0.2) is 18.2 Å². The summed E-state index contributed by atoms with van der Waals surface area (Å²) in [6, 6.07) is 3.68. The van der Waals surface area contributed by atoms with Crippen LogP contribution in [0.25, 0.3) is 0 Å². The molecule has 2 rings (SSSR count). The van der Waals surface area contributed by atoms with Gasteiger partial charge in [-0.25, -0.2) is 4.39 Å². The van der Waals surface area contributed by atoms with Gasteiger partial charge in [0.1, 0.15) is 11.8 Å². The van der Waals surface area contributed by atoms with Gasteiger partial charge in [0.25, 0.3) is 5.91 Å². The number of likely N-dealkylation sites (tertiary alicyclic amines) is 1. The number of hydrogen-bond donors (Lipinski definition) is 1. The van der Waals surface area contributed by atoms with Crippen molar-refractivity contribution < 1.29 is 23.9 Å². The van der Waals surface area contributed by atoms with E-state index in [-0.39, 0.29) is 18.3 Å². The fourth-order valence-electron chi connectivity index (χ4n) is 2.65. The first kappa shape index (κ1) is 15.9. The average Bonchev–Trinajstić information content (AvgIpc) is 2.83. The molecular weight excluding hydrogens is 291 g/mol. The lowest BCUT2D eigenvalue weighted by Crippen LogP contribution is -2.47. The molecule has 0 bridgehead atoms. The smallest absolute Gasteiger partial charge is 0.269 e. The van der Waals surface area contributed by atoms with Gasteiger partial charge < -0.3 is 20.1 Å². The molecule has 0 radical (unpaired) electrons. The third-order valence-electron chi connectivity index (χ3n) is 3.95. The Morgan fingerprint density at radius 3 is 2.64 bits per heavy atom. The van der Waals surface area contributed by atoms with E-state index in [1.54, 1.807) is 13.8 Å². The maximum absolute atomic E-state index is 13.2. The zero-order valence-corrected chi connectivity index (χ0v) is 12.3. The van der Waals surface area contributed by atoms with E-state index in [2.05, 4.69) is 5.32 Å². The average molecular weight is 307 g/mol. The summed E-state index contributed by atoms with van der Waals surface area (Å²) in [5, 5.41) is 13.3. The zero-order chi connectivity index (χ0) is 16.4. The molecule has 1 heterocycles. The van der Waals surface area contributed by atoms with E-state index < -0.39 is 23.8 Å². The van der Waals surface area contributed by atoms with Gasteiger partial charge in [-0.15, -0.1) is 0 Å². The van der Waals surface area contributed by atoms with Crippen LogP contribution in [0.3, 0.4) is 0 Å². The molecule has 1 fully saturated rings. The van der Waals surface area contributed by atoms with Crippen LogP contribution in [0.2, 0.25) is 0 Å². The number of aliphatic carboxylic acids is 1. The summed E-state index contributed by atoms with van der Waals surface area (Å²) in [6.07, 6.45) is 0.367. The Morgan fingerprint density at radius 1 is 1.36 bits per heavy atom. The quantitative estimate of drug-likeness (QED) is 0.782. The number of carbonyl (C=O) groups excluding carboxylic acids is 3. The first-order valence-corrected chi connectivity index (χ1v) is 6.90. The minimum absolute atomic E-state index is 0.189. The summed E-state index contributed by atoms with van der Waals surface area (Å²) < 4.78 is 13.2. The fraction of sp³-hybridized carbons (Fsp3) is 0.400. The van der Waals surface area contributed by atoms with E-state index in [1.165, 1.54) is 18.2 Å². The molecule has 0 aromatic heterocycles. The molecule has 0 unspecified atom stereocenters. The second kappa shape index (κ2) is 6.13. The predicted molar refractivity (Wildman–Crippen MR) is 74.1 cm³/mol. The van der Waals surface area contributed by atoms with Crippen LogP contribution >= 0.6 is 0 Å². The van der Waals surface area contributed by atoms with Crippen molar-refractivity contribution in [2.45, 2.75) is 26.3 Å². The fourth-order valence-corrected chi connectivity index (χ4v) is 2.65. The van der Waals surface area contributed by atoms with Crippen molar-refractivity contribution in [1.82, 2.24) is 4.90 Å². The molecule has 7 heteroatoms. The molecule has 6 nitrogen and oxygen atoms in total. The molecule has 118 valence electrons. The van der Waals surface area contributed by atoms with Gasteiger partial charge in [-0.2, -0.15) is 0 Å². The van der Waals surface area contributed by atoms with Crippen LogP contribution in [0, 0.1) is 18.7 Å². The third kappa shape index (κ3) is 3.08. The number of benzene rings is 1. The number of nitrogens with one attached hydrogen (secondary N) is 1. The van der Waals surface area contributed by atoms with Crippen LogP contribution in [0.4, 0.5) is 10.1 Å². The molecule has 1 N–H and O–H groups in total. The number of halogens is 1. The number of anilines is 1. The van der Waals surface area contributed by atoms with E-state index >= 15 is 0 Å². The number of rotatable bonds is 2. The number of nitrogens with zero attached hydrogens (tertiary/aromatic N) is 1. The minimum Gasteiger partial charge on any atom is -0.540 e. The SMILES string of the molecule is Cc1cc(NC(=O)[C@H]2CCN(C(=O)C(=O)[O-])[C@H]2C)ccc1F. The Morgan fingerprint density at radius 2 is 2.05 bits per heavy atom. The Bertz CT molecular complexity index is 632. The third-order valence-corrected chi connectivity index (χ3v) is 3.95. The summed E-state index contributed by atoms with van der Waals surface area (Å²) in [6.45, 7) is 3.39. The van der Waals surface area contributed by atoms with Gasteiger partial charge in [0, 0.05) is 18.3 Å². The van der Waals surface area contributed by atoms with Gasteiger partial charge in [-0.05, 0) is 44.0 Å². The van der Waals surface area contributed by atoms with Crippen molar-refractivity contribution in [2.24, 2.45) is 5.92 Å². The molecule has 0 aliphatic carbocycles. The molecule has 1 aliphatic heterocycles. The topological polar surface area (TPSA) is 89.5 Å². The van der Waals surface area contributed by atoms with Gasteiger partial charge in [-0.1, -0.05) is 0 Å². The summed E-state index contributed by atoms with van der Waals surface area (Å²) in [4.78, 5) is 35.5. The van der Waals surface area contributed by atoms with Gasteiger partial charge in [0.05, 0.1) is 5.92 Å². The highest BCUT2D eigenvalue weighted by Crippen LogP contribution is 2.26. The molecule has 1 aromatic carbocycles. The molecule has 0 saturated carbocycles. The van der Waals surface area contributed by atoms with Crippen molar-refractivity contribution in [3.05, 3.63) is 29.6 Å². The predicted octanol–water partition coefficient (Wildman–Crippen LogP) is 0.0595. The molecule has 1 aliphatic rings. The zero-order valence-electron chi connectivity index (χ0n) is 12.3. The molecule has 22 heavy (non-hydrogen) atoms. The van der Waals surface area contributed by atoms with Crippen molar-refractivity contribution in [1.29, 1.82) is 0 Å². The first-order chi connectivity index (χ1) is 10.3. The van der Waals surface area contributed by atoms with Crippen molar-refractivity contribution in [3.63, 3.8) is 0 Å². The van der Waals surface area contributed by atoms with E-state index in [1.807, 2.05) is 0 Å². The largest absolute Gasteiger partial charge is 0.540 e. The number of aryl methyl sites for hydroxylation is 1. The number of carbonyl (C=O) groups is 3. The standard InChI is InChI=1S/C15H17FN2O4/c1-8-7-10(3-4-12(8)16)17-13(19)11-5-6-18(9(11)2)14(20)15(21)22/h3-4,7,9,11H,5-6H2,1-2H3,(H,17,19)(H,21,22)/p-1/t9-,11-/m0/s1. The van der Waals surface area contributed by atoms with Crippen LogP contribution in [-0.2, 0) is 14.4 Å². The van der Waals surface area contributed by atoms with E-state index in [9.17, 15) is 23.9 Å². The first-order valence-electron chi connectivity index (χ1n) is 6.90. The Labute approximate surface area is 126 Å². The van der Waals surface area contributed by atoms with Crippen LogP contribution in [-0.4, -0.2) is 35.3 Å². The molecule has 0 spiro atoms.